The van der Waals surface area contributed by atoms with Gasteiger partial charge in [0.2, 0.25) is 0 Å². The molecule has 0 heterocycles. The van der Waals surface area contributed by atoms with Gasteiger partial charge < -0.3 is 10.1 Å². The quantitative estimate of drug-likeness (QED) is 0.793. The summed E-state index contributed by atoms with van der Waals surface area (Å²) in [5, 5.41) is 3.48. The Kier molecular flexibility index (Phi) is 6.37. The molecule has 1 N–H and O–H groups in total. The van der Waals surface area contributed by atoms with Crippen LogP contribution in [0.15, 0.2) is 0 Å². The van der Waals surface area contributed by atoms with E-state index in [9.17, 15) is 0 Å². The van der Waals surface area contributed by atoms with Gasteiger partial charge in [0.25, 0.3) is 0 Å². The van der Waals surface area contributed by atoms with Crippen LogP contribution in [0.4, 0.5) is 0 Å². The maximum atomic E-state index is 5.49. The topological polar surface area (TPSA) is 21.3 Å². The zero-order valence-corrected chi connectivity index (χ0v) is 11.5. The molecule has 16 heavy (non-hydrogen) atoms. The van der Waals surface area contributed by atoms with Gasteiger partial charge in [-0.15, -0.1) is 0 Å². The first-order chi connectivity index (χ1) is 7.58. The van der Waals surface area contributed by atoms with Crippen molar-refractivity contribution in [2.45, 2.75) is 90.5 Å². The Labute approximate surface area is 101 Å². The van der Waals surface area contributed by atoms with Crippen LogP contribution in [-0.4, -0.2) is 24.3 Å². The number of rotatable bonds is 4. The van der Waals surface area contributed by atoms with Gasteiger partial charge in [-0.05, 0) is 46.0 Å². The second kappa shape index (κ2) is 7.29. The second-order valence-electron chi connectivity index (χ2n) is 5.69. The molecule has 2 saturated carbocycles. The Morgan fingerprint density at radius 3 is 1.62 bits per heavy atom. The monoisotopic (exact) mass is 227 g/mol. The average molecular weight is 227 g/mol. The standard InChI is InChI=1S/C7H15N.C7H14O/c2*1-6(2)8-7-4-3-5-7/h6-8H,3-5H2,1-2H3;6-7H,3-5H2,1-2H3. The molecule has 2 nitrogen and oxygen atoms in total. The molecule has 2 rings (SSSR count). The maximum Gasteiger partial charge on any atom is 0.0578 e. The molecule has 0 bridgehead atoms. The number of hydrogen-bond donors (Lipinski definition) is 1. The molecule has 0 aromatic carbocycles. The van der Waals surface area contributed by atoms with E-state index in [2.05, 4.69) is 33.0 Å². The Morgan fingerprint density at radius 1 is 0.938 bits per heavy atom. The Morgan fingerprint density at radius 2 is 1.50 bits per heavy atom. The largest absolute Gasteiger partial charge is 0.376 e. The van der Waals surface area contributed by atoms with Crippen LogP contribution in [0.2, 0.25) is 0 Å². The summed E-state index contributed by atoms with van der Waals surface area (Å²) in [5.41, 5.74) is 0. The SMILES string of the molecule is CC(C)NC1CCC1.CC(C)OC1CCC1. The molecule has 0 amide bonds. The van der Waals surface area contributed by atoms with Gasteiger partial charge in [-0.3, -0.25) is 0 Å². The summed E-state index contributed by atoms with van der Waals surface area (Å²) in [6.07, 6.45) is 9.23. The third-order valence-corrected chi connectivity index (χ3v) is 3.19. The first kappa shape index (κ1) is 14.0. The molecule has 0 saturated heterocycles. The molecular formula is C14H29NO. The van der Waals surface area contributed by atoms with Crippen molar-refractivity contribution in [1.82, 2.24) is 5.32 Å². The second-order valence-corrected chi connectivity index (χ2v) is 5.69. The molecule has 0 aliphatic heterocycles. The van der Waals surface area contributed by atoms with Crippen molar-refractivity contribution in [2.24, 2.45) is 0 Å². The normalized spacial score (nSPS) is 21.4. The number of ether oxygens (including phenoxy) is 1. The van der Waals surface area contributed by atoms with E-state index in [4.69, 9.17) is 4.74 Å². The summed E-state index contributed by atoms with van der Waals surface area (Å²) in [6, 6.07) is 1.54. The molecule has 0 radical (unpaired) electrons. The van der Waals surface area contributed by atoms with Crippen molar-refractivity contribution in [3.8, 4) is 0 Å². The maximum absolute atomic E-state index is 5.49. The van der Waals surface area contributed by atoms with Gasteiger partial charge in [0.05, 0.1) is 12.2 Å². The fraction of sp³-hybridized carbons (Fsp3) is 1.00. The highest BCUT2D eigenvalue weighted by atomic mass is 16.5. The first-order valence-corrected chi connectivity index (χ1v) is 6.99. The van der Waals surface area contributed by atoms with Crippen LogP contribution < -0.4 is 5.32 Å². The minimum absolute atomic E-state index is 0.431. The summed E-state index contributed by atoms with van der Waals surface area (Å²) >= 11 is 0. The van der Waals surface area contributed by atoms with Crippen LogP contribution in [0.3, 0.4) is 0 Å². The van der Waals surface area contributed by atoms with Gasteiger partial charge in [0, 0.05) is 12.1 Å². The summed E-state index contributed by atoms with van der Waals surface area (Å²) in [4.78, 5) is 0. The molecule has 0 unspecified atom stereocenters. The van der Waals surface area contributed by atoms with Crippen LogP contribution in [0.25, 0.3) is 0 Å². The highest BCUT2D eigenvalue weighted by Gasteiger charge is 2.18. The lowest BCUT2D eigenvalue weighted by Gasteiger charge is -2.28. The average Bonchev–Trinajstić information content (AvgIpc) is 2.05. The van der Waals surface area contributed by atoms with Crippen molar-refractivity contribution in [3.63, 3.8) is 0 Å². The summed E-state index contributed by atoms with van der Waals surface area (Å²) in [5.74, 6) is 0. The third-order valence-electron chi connectivity index (χ3n) is 3.19. The van der Waals surface area contributed by atoms with Crippen molar-refractivity contribution >= 4 is 0 Å². The summed E-state index contributed by atoms with van der Waals surface area (Å²) in [6.45, 7) is 8.60. The van der Waals surface area contributed by atoms with E-state index in [1.807, 2.05) is 0 Å². The zero-order chi connectivity index (χ0) is 12.0. The lowest BCUT2D eigenvalue weighted by Crippen LogP contribution is -2.39. The van der Waals surface area contributed by atoms with Crippen LogP contribution in [0.5, 0.6) is 0 Å². The number of nitrogens with one attached hydrogen (secondary N) is 1. The van der Waals surface area contributed by atoms with Crippen LogP contribution in [0, 0.1) is 0 Å². The Bertz CT molecular complexity index is 152. The molecule has 0 aromatic heterocycles. The Balaban J connectivity index is 0.000000160. The smallest absolute Gasteiger partial charge is 0.0578 e. The highest BCUT2D eigenvalue weighted by Crippen LogP contribution is 2.22. The van der Waals surface area contributed by atoms with Gasteiger partial charge in [-0.25, -0.2) is 0 Å². The molecule has 2 aliphatic rings. The minimum Gasteiger partial charge on any atom is -0.376 e. The van der Waals surface area contributed by atoms with Crippen LogP contribution >= 0.6 is 0 Å². The van der Waals surface area contributed by atoms with E-state index in [1.54, 1.807) is 0 Å². The van der Waals surface area contributed by atoms with E-state index in [1.165, 1.54) is 38.5 Å². The van der Waals surface area contributed by atoms with Crippen LogP contribution in [-0.2, 0) is 4.74 Å². The molecule has 0 aromatic rings. The summed E-state index contributed by atoms with van der Waals surface area (Å²) in [7, 11) is 0. The van der Waals surface area contributed by atoms with E-state index < -0.39 is 0 Å². The van der Waals surface area contributed by atoms with Crippen LogP contribution in [0.1, 0.15) is 66.2 Å². The molecule has 2 fully saturated rings. The minimum atomic E-state index is 0.431. The molecule has 2 aliphatic carbocycles. The van der Waals surface area contributed by atoms with Gasteiger partial charge >= 0.3 is 0 Å². The van der Waals surface area contributed by atoms with Crippen molar-refractivity contribution in [1.29, 1.82) is 0 Å². The van der Waals surface area contributed by atoms with E-state index >= 15 is 0 Å². The van der Waals surface area contributed by atoms with Gasteiger partial charge in [-0.2, -0.15) is 0 Å². The van der Waals surface area contributed by atoms with E-state index in [-0.39, 0.29) is 0 Å². The number of hydrogen-bond acceptors (Lipinski definition) is 2. The predicted molar refractivity (Wildman–Crippen MR) is 69.8 cm³/mol. The fourth-order valence-electron chi connectivity index (χ4n) is 1.94. The molecule has 0 atom stereocenters. The lowest BCUT2D eigenvalue weighted by atomic mass is 9.93. The summed E-state index contributed by atoms with van der Waals surface area (Å²) < 4.78 is 5.49. The molecular weight excluding hydrogens is 198 g/mol. The van der Waals surface area contributed by atoms with Crippen molar-refractivity contribution < 1.29 is 4.74 Å². The molecule has 2 heteroatoms. The fourth-order valence-corrected chi connectivity index (χ4v) is 1.94. The van der Waals surface area contributed by atoms with Gasteiger partial charge in [0.15, 0.2) is 0 Å². The van der Waals surface area contributed by atoms with Gasteiger partial charge in [-0.1, -0.05) is 20.3 Å². The molecule has 0 spiro atoms. The molecule has 96 valence electrons. The van der Waals surface area contributed by atoms with Crippen molar-refractivity contribution in [2.75, 3.05) is 0 Å². The zero-order valence-electron chi connectivity index (χ0n) is 11.5. The lowest BCUT2D eigenvalue weighted by molar-refractivity contribution is -0.0347. The van der Waals surface area contributed by atoms with E-state index in [0.29, 0.717) is 18.2 Å². The predicted octanol–water partition coefficient (Wildman–Crippen LogP) is 3.50. The first-order valence-electron chi connectivity index (χ1n) is 6.99. The Hall–Kier alpha value is -0.0800. The van der Waals surface area contributed by atoms with Gasteiger partial charge in [0.1, 0.15) is 0 Å². The third kappa shape index (κ3) is 5.86. The van der Waals surface area contributed by atoms with E-state index in [0.717, 1.165) is 6.04 Å². The van der Waals surface area contributed by atoms with Crippen molar-refractivity contribution in [3.05, 3.63) is 0 Å². The highest BCUT2D eigenvalue weighted by molar-refractivity contribution is 4.77.